The zero-order valence-corrected chi connectivity index (χ0v) is 9.31. The smallest absolute Gasteiger partial charge is 0.230 e. The van der Waals surface area contributed by atoms with Crippen molar-refractivity contribution in [2.75, 3.05) is 7.05 Å². The molecule has 1 aromatic carbocycles. The van der Waals surface area contributed by atoms with Crippen LogP contribution >= 0.6 is 0 Å². The molecule has 1 N–H and O–H groups in total. The molecule has 4 nitrogen and oxygen atoms in total. The van der Waals surface area contributed by atoms with Crippen LogP contribution in [0.25, 0.3) is 0 Å². The van der Waals surface area contributed by atoms with E-state index in [4.69, 9.17) is 4.42 Å². The molecule has 0 amide bonds. The molecule has 0 bridgehead atoms. The quantitative estimate of drug-likeness (QED) is 0.826. The van der Waals surface area contributed by atoms with E-state index in [1.807, 2.05) is 25.2 Å². The fourth-order valence-electron chi connectivity index (χ4n) is 1.51. The molecule has 0 aliphatic rings. The second-order valence-electron chi connectivity index (χ2n) is 3.61. The van der Waals surface area contributed by atoms with E-state index in [9.17, 15) is 0 Å². The van der Waals surface area contributed by atoms with Crippen molar-refractivity contribution in [1.82, 2.24) is 15.5 Å². The molecular weight excluding hydrogens is 202 g/mol. The van der Waals surface area contributed by atoms with E-state index in [0.717, 1.165) is 12.8 Å². The summed E-state index contributed by atoms with van der Waals surface area (Å²) in [7, 11) is 1.86. The summed E-state index contributed by atoms with van der Waals surface area (Å²) in [4.78, 5) is 0. The maximum absolute atomic E-state index is 5.46. The van der Waals surface area contributed by atoms with Gasteiger partial charge in [0, 0.05) is 6.42 Å². The van der Waals surface area contributed by atoms with Gasteiger partial charge in [-0.25, -0.2) is 0 Å². The molecule has 0 saturated carbocycles. The maximum atomic E-state index is 5.46. The molecule has 0 radical (unpaired) electrons. The zero-order chi connectivity index (χ0) is 11.2. The van der Waals surface area contributed by atoms with Crippen LogP contribution < -0.4 is 5.32 Å². The van der Waals surface area contributed by atoms with E-state index in [2.05, 4.69) is 27.6 Å². The van der Waals surface area contributed by atoms with Crippen molar-refractivity contribution in [1.29, 1.82) is 0 Å². The lowest BCUT2D eigenvalue weighted by atomic mass is 10.1. The van der Waals surface area contributed by atoms with Gasteiger partial charge >= 0.3 is 0 Å². The molecule has 0 atom stereocenters. The van der Waals surface area contributed by atoms with Gasteiger partial charge in [0.1, 0.15) is 0 Å². The minimum absolute atomic E-state index is 0.623. The summed E-state index contributed by atoms with van der Waals surface area (Å²) in [6, 6.07) is 10.3. The molecule has 84 valence electrons. The summed E-state index contributed by atoms with van der Waals surface area (Å²) in [5.41, 5.74) is 1.29. The minimum atomic E-state index is 0.623. The lowest BCUT2D eigenvalue weighted by Gasteiger charge is -1.96. The molecule has 0 unspecified atom stereocenters. The molecule has 2 aromatic rings. The molecular formula is C12H15N3O. The molecule has 0 aliphatic heterocycles. The molecule has 1 aromatic heterocycles. The van der Waals surface area contributed by atoms with E-state index in [1.165, 1.54) is 5.56 Å². The predicted molar refractivity (Wildman–Crippen MR) is 60.9 cm³/mol. The number of benzene rings is 1. The Hall–Kier alpha value is -1.68. The summed E-state index contributed by atoms with van der Waals surface area (Å²) in [6.45, 7) is 0.623. The Labute approximate surface area is 94.7 Å². The Morgan fingerprint density at radius 1 is 1.06 bits per heavy atom. The van der Waals surface area contributed by atoms with E-state index in [-0.39, 0.29) is 0 Å². The first-order valence-corrected chi connectivity index (χ1v) is 5.38. The van der Waals surface area contributed by atoms with Crippen LogP contribution in [0.1, 0.15) is 17.3 Å². The highest BCUT2D eigenvalue weighted by atomic mass is 16.4. The fourth-order valence-corrected chi connectivity index (χ4v) is 1.51. The Bertz CT molecular complexity index is 425. The summed E-state index contributed by atoms with van der Waals surface area (Å²) >= 11 is 0. The van der Waals surface area contributed by atoms with Crippen LogP contribution in [0, 0.1) is 0 Å². The monoisotopic (exact) mass is 217 g/mol. The number of nitrogens with zero attached hydrogens (tertiary/aromatic N) is 2. The highest BCUT2D eigenvalue weighted by Gasteiger charge is 2.04. The highest BCUT2D eigenvalue weighted by molar-refractivity contribution is 5.15. The molecule has 16 heavy (non-hydrogen) atoms. The van der Waals surface area contributed by atoms with Crippen LogP contribution in [0.15, 0.2) is 34.7 Å². The third-order valence-corrected chi connectivity index (χ3v) is 2.31. The number of nitrogens with one attached hydrogen (secondary N) is 1. The number of hydrogen-bond donors (Lipinski definition) is 1. The second kappa shape index (κ2) is 5.42. The first kappa shape index (κ1) is 10.8. The van der Waals surface area contributed by atoms with Gasteiger partial charge in [-0.05, 0) is 19.0 Å². The van der Waals surface area contributed by atoms with Gasteiger partial charge in [-0.1, -0.05) is 30.3 Å². The standard InChI is InChI=1S/C12H15N3O/c1-13-9-12-15-14-11(16-12)8-7-10-5-3-2-4-6-10/h2-6,13H,7-9H2,1H3. The summed E-state index contributed by atoms with van der Waals surface area (Å²) in [5, 5.41) is 10.9. The summed E-state index contributed by atoms with van der Waals surface area (Å²) < 4.78 is 5.46. The molecule has 0 spiro atoms. The van der Waals surface area contributed by atoms with Crippen molar-refractivity contribution in [3.8, 4) is 0 Å². The number of hydrogen-bond acceptors (Lipinski definition) is 4. The fraction of sp³-hybridized carbons (Fsp3) is 0.333. The van der Waals surface area contributed by atoms with Crippen molar-refractivity contribution in [3.63, 3.8) is 0 Å². The van der Waals surface area contributed by atoms with Crippen molar-refractivity contribution >= 4 is 0 Å². The van der Waals surface area contributed by atoms with Crippen molar-refractivity contribution in [2.45, 2.75) is 19.4 Å². The van der Waals surface area contributed by atoms with Gasteiger partial charge in [-0.15, -0.1) is 10.2 Å². The first-order chi connectivity index (χ1) is 7.88. The molecule has 0 aliphatic carbocycles. The summed E-state index contributed by atoms with van der Waals surface area (Å²) in [6.07, 6.45) is 1.72. The summed E-state index contributed by atoms with van der Waals surface area (Å²) in [5.74, 6) is 1.35. The van der Waals surface area contributed by atoms with E-state index >= 15 is 0 Å². The molecule has 0 fully saturated rings. The third-order valence-electron chi connectivity index (χ3n) is 2.31. The van der Waals surface area contributed by atoms with Gasteiger partial charge in [0.2, 0.25) is 11.8 Å². The van der Waals surface area contributed by atoms with Gasteiger partial charge in [-0.2, -0.15) is 0 Å². The number of aromatic nitrogens is 2. The largest absolute Gasteiger partial charge is 0.424 e. The van der Waals surface area contributed by atoms with Gasteiger partial charge in [0.25, 0.3) is 0 Å². The molecule has 4 heteroatoms. The van der Waals surface area contributed by atoms with Crippen LogP contribution in [0.2, 0.25) is 0 Å². The van der Waals surface area contributed by atoms with E-state index in [0.29, 0.717) is 18.3 Å². The topological polar surface area (TPSA) is 51.0 Å². The Balaban J connectivity index is 1.89. The van der Waals surface area contributed by atoms with Crippen LogP contribution in [-0.4, -0.2) is 17.2 Å². The van der Waals surface area contributed by atoms with E-state index in [1.54, 1.807) is 0 Å². The third kappa shape index (κ3) is 2.90. The van der Waals surface area contributed by atoms with Crippen LogP contribution in [0.3, 0.4) is 0 Å². The normalized spacial score (nSPS) is 10.6. The zero-order valence-electron chi connectivity index (χ0n) is 9.31. The van der Waals surface area contributed by atoms with Crippen LogP contribution in [-0.2, 0) is 19.4 Å². The van der Waals surface area contributed by atoms with Gasteiger partial charge in [0.15, 0.2) is 0 Å². The lowest BCUT2D eigenvalue weighted by Crippen LogP contribution is -2.04. The average molecular weight is 217 g/mol. The lowest BCUT2D eigenvalue weighted by molar-refractivity contribution is 0.439. The van der Waals surface area contributed by atoms with Crippen molar-refractivity contribution in [2.24, 2.45) is 0 Å². The highest BCUT2D eigenvalue weighted by Crippen LogP contribution is 2.06. The predicted octanol–water partition coefficient (Wildman–Crippen LogP) is 1.57. The van der Waals surface area contributed by atoms with Crippen LogP contribution in [0.4, 0.5) is 0 Å². The Kier molecular flexibility index (Phi) is 3.66. The molecule has 0 saturated heterocycles. The maximum Gasteiger partial charge on any atom is 0.230 e. The number of aryl methyl sites for hydroxylation is 2. The minimum Gasteiger partial charge on any atom is -0.424 e. The first-order valence-electron chi connectivity index (χ1n) is 5.38. The molecule has 1 heterocycles. The average Bonchev–Trinajstić information content (AvgIpc) is 2.76. The second-order valence-corrected chi connectivity index (χ2v) is 3.61. The van der Waals surface area contributed by atoms with Gasteiger partial charge in [-0.3, -0.25) is 0 Å². The number of rotatable bonds is 5. The SMILES string of the molecule is CNCc1nnc(CCc2ccccc2)o1. The van der Waals surface area contributed by atoms with Gasteiger partial charge < -0.3 is 9.73 Å². The van der Waals surface area contributed by atoms with Gasteiger partial charge in [0.05, 0.1) is 6.54 Å². The van der Waals surface area contributed by atoms with Crippen molar-refractivity contribution < 1.29 is 4.42 Å². The Morgan fingerprint density at radius 2 is 1.81 bits per heavy atom. The van der Waals surface area contributed by atoms with Crippen molar-refractivity contribution in [3.05, 3.63) is 47.7 Å². The van der Waals surface area contributed by atoms with Crippen LogP contribution in [0.5, 0.6) is 0 Å². The van der Waals surface area contributed by atoms with E-state index < -0.39 is 0 Å². The Morgan fingerprint density at radius 3 is 2.56 bits per heavy atom. The molecule has 2 rings (SSSR count).